The van der Waals surface area contributed by atoms with Crippen LogP contribution in [-0.2, 0) is 38.1 Å². The van der Waals surface area contributed by atoms with Crippen LogP contribution in [0.5, 0.6) is 0 Å². The van der Waals surface area contributed by atoms with Gasteiger partial charge < -0.3 is 23.7 Å². The molecule has 0 N–H and O–H groups in total. The second-order valence-corrected chi connectivity index (χ2v) is 9.25. The molecule has 2 aliphatic heterocycles. The Morgan fingerprint density at radius 3 is 2.30 bits per heavy atom. The molecule has 8 nitrogen and oxygen atoms in total. The first-order valence-corrected chi connectivity index (χ1v) is 10.6. The lowest BCUT2D eigenvalue weighted by Crippen LogP contribution is -2.45. The van der Waals surface area contributed by atoms with Crippen molar-refractivity contribution < 1.29 is 38.1 Å². The van der Waals surface area contributed by atoms with Gasteiger partial charge >= 0.3 is 17.9 Å². The van der Waals surface area contributed by atoms with Gasteiger partial charge in [-0.15, -0.1) is 0 Å². The number of esters is 3. The van der Waals surface area contributed by atoms with Crippen molar-refractivity contribution in [2.75, 3.05) is 13.2 Å². The second kappa shape index (κ2) is 8.96. The number of hydrogen-bond donors (Lipinski definition) is 0. The summed E-state index contributed by atoms with van der Waals surface area (Å²) >= 11 is 0. The molecule has 1 spiro atoms. The van der Waals surface area contributed by atoms with Crippen LogP contribution in [0.25, 0.3) is 0 Å². The van der Waals surface area contributed by atoms with Crippen molar-refractivity contribution in [2.45, 2.75) is 71.9 Å². The Bertz CT molecular complexity index is 706. The molecule has 0 bridgehead atoms. The van der Waals surface area contributed by atoms with Crippen LogP contribution in [0.2, 0.25) is 0 Å². The molecule has 0 radical (unpaired) electrons. The molecule has 168 valence electrons. The number of epoxide rings is 1. The molecule has 8 heteroatoms. The van der Waals surface area contributed by atoms with Crippen molar-refractivity contribution in [3.05, 3.63) is 11.8 Å². The maximum Gasteiger partial charge on any atom is 0.309 e. The summed E-state index contributed by atoms with van der Waals surface area (Å²) in [5.74, 6) is -1.13. The van der Waals surface area contributed by atoms with Crippen LogP contribution in [0.15, 0.2) is 11.8 Å². The normalized spacial score (nSPS) is 31.8. The lowest BCUT2D eigenvalue weighted by atomic mass is 9.83. The molecule has 3 aliphatic rings. The highest BCUT2D eigenvalue weighted by molar-refractivity contribution is 5.70. The van der Waals surface area contributed by atoms with E-state index in [-0.39, 0.29) is 48.6 Å². The van der Waals surface area contributed by atoms with E-state index in [9.17, 15) is 14.4 Å². The minimum absolute atomic E-state index is 0.0856. The molecule has 3 rings (SSSR count). The summed E-state index contributed by atoms with van der Waals surface area (Å²) in [4.78, 5) is 35.9. The van der Waals surface area contributed by atoms with Crippen LogP contribution >= 0.6 is 0 Å². The van der Waals surface area contributed by atoms with E-state index in [0.717, 1.165) is 5.57 Å². The van der Waals surface area contributed by atoms with E-state index < -0.39 is 24.0 Å². The maximum atomic E-state index is 12.3. The summed E-state index contributed by atoms with van der Waals surface area (Å²) in [6.45, 7) is 9.62. The Kier molecular flexibility index (Phi) is 6.75. The topological polar surface area (TPSA) is 101 Å². The van der Waals surface area contributed by atoms with E-state index in [4.69, 9.17) is 23.7 Å². The first-order chi connectivity index (χ1) is 14.1. The van der Waals surface area contributed by atoms with E-state index in [1.165, 1.54) is 13.2 Å². The Morgan fingerprint density at radius 2 is 1.73 bits per heavy atom. The van der Waals surface area contributed by atoms with E-state index in [1.807, 2.05) is 27.7 Å². The fraction of sp³-hybridized carbons (Fsp3) is 0.773. The molecular weight excluding hydrogens is 392 g/mol. The summed E-state index contributed by atoms with van der Waals surface area (Å²) < 4.78 is 28.2. The largest absolute Gasteiger partial charge is 0.462 e. The van der Waals surface area contributed by atoms with Crippen molar-refractivity contribution in [3.8, 4) is 0 Å². The van der Waals surface area contributed by atoms with Gasteiger partial charge in [0.15, 0.2) is 0 Å². The summed E-state index contributed by atoms with van der Waals surface area (Å²) in [7, 11) is 0. The standard InChI is InChI=1S/C22H32O8/c1-12(2)6-18(24)26-9-15-10-27-21(30-19(25)7-13(3)4)20-16(15)8-17(29-14(5)23)22(20)11-28-22/h10,12-13,16-17,20-21H,6-9,11H2,1-5H3/t16-,17+,20-,21?,22-/m1/s1. The van der Waals surface area contributed by atoms with Gasteiger partial charge in [-0.3, -0.25) is 14.4 Å². The third-order valence-electron chi connectivity index (χ3n) is 5.72. The number of ether oxygens (including phenoxy) is 5. The average Bonchev–Trinajstić information content (AvgIpc) is 3.33. The Labute approximate surface area is 177 Å². The molecule has 1 unspecified atom stereocenters. The Balaban J connectivity index is 1.77. The lowest BCUT2D eigenvalue weighted by Gasteiger charge is -2.35. The zero-order valence-corrected chi connectivity index (χ0v) is 18.3. The predicted molar refractivity (Wildman–Crippen MR) is 105 cm³/mol. The SMILES string of the molecule is CC(=O)O[C@H]1C[C@@H]2C(COC(=O)CC(C)C)=COC(OC(=O)CC(C)C)[C@@H]2[C@@]12CO2. The molecule has 2 heterocycles. The van der Waals surface area contributed by atoms with E-state index >= 15 is 0 Å². The fourth-order valence-corrected chi connectivity index (χ4v) is 4.38. The molecule has 2 fully saturated rings. The van der Waals surface area contributed by atoms with Crippen LogP contribution in [-0.4, -0.2) is 49.1 Å². The van der Waals surface area contributed by atoms with Gasteiger partial charge in [-0.2, -0.15) is 0 Å². The summed E-state index contributed by atoms with van der Waals surface area (Å²) in [6, 6.07) is 0. The molecule has 0 aromatic carbocycles. The van der Waals surface area contributed by atoms with Crippen molar-refractivity contribution in [3.63, 3.8) is 0 Å². The number of fused-ring (bicyclic) bond motifs is 2. The minimum Gasteiger partial charge on any atom is -0.462 e. The Morgan fingerprint density at radius 1 is 1.10 bits per heavy atom. The molecule has 30 heavy (non-hydrogen) atoms. The molecule has 1 saturated heterocycles. The molecule has 5 atom stereocenters. The number of hydrogen-bond acceptors (Lipinski definition) is 8. The lowest BCUT2D eigenvalue weighted by molar-refractivity contribution is -0.192. The van der Waals surface area contributed by atoms with E-state index in [2.05, 4.69) is 0 Å². The highest BCUT2D eigenvalue weighted by Crippen LogP contribution is 2.57. The third-order valence-corrected chi connectivity index (χ3v) is 5.72. The quantitative estimate of drug-likeness (QED) is 0.333. The van der Waals surface area contributed by atoms with Gasteiger partial charge in [0, 0.05) is 31.3 Å². The molecule has 1 aliphatic carbocycles. The van der Waals surface area contributed by atoms with E-state index in [0.29, 0.717) is 19.4 Å². The van der Waals surface area contributed by atoms with Crippen molar-refractivity contribution >= 4 is 17.9 Å². The van der Waals surface area contributed by atoms with Crippen molar-refractivity contribution in [2.24, 2.45) is 23.7 Å². The fourth-order valence-electron chi connectivity index (χ4n) is 4.38. The monoisotopic (exact) mass is 424 g/mol. The smallest absolute Gasteiger partial charge is 0.309 e. The van der Waals surface area contributed by atoms with Crippen LogP contribution in [0, 0.1) is 23.7 Å². The highest BCUT2D eigenvalue weighted by Gasteiger charge is 2.70. The predicted octanol–water partition coefficient (Wildman–Crippen LogP) is 2.74. The van der Waals surface area contributed by atoms with Crippen LogP contribution in [0.3, 0.4) is 0 Å². The number of rotatable bonds is 8. The second-order valence-electron chi connectivity index (χ2n) is 9.25. The van der Waals surface area contributed by atoms with Gasteiger partial charge in [-0.25, -0.2) is 0 Å². The molecule has 0 aromatic heterocycles. The number of carbonyl (C=O) groups is 3. The number of carbonyl (C=O) groups excluding carboxylic acids is 3. The first-order valence-electron chi connectivity index (χ1n) is 10.6. The first kappa shape index (κ1) is 22.6. The van der Waals surface area contributed by atoms with Crippen molar-refractivity contribution in [1.82, 2.24) is 0 Å². The van der Waals surface area contributed by atoms with Gasteiger partial charge in [0.05, 0.1) is 18.8 Å². The minimum atomic E-state index is -0.834. The summed E-state index contributed by atoms with van der Waals surface area (Å²) in [5, 5.41) is 0. The van der Waals surface area contributed by atoms with Gasteiger partial charge in [-0.1, -0.05) is 27.7 Å². The van der Waals surface area contributed by atoms with E-state index in [1.54, 1.807) is 0 Å². The molecule has 0 aromatic rings. The van der Waals surface area contributed by atoms with Crippen LogP contribution in [0.1, 0.15) is 53.9 Å². The average molecular weight is 424 g/mol. The summed E-state index contributed by atoms with van der Waals surface area (Å²) in [5.41, 5.74) is 0.0402. The maximum absolute atomic E-state index is 12.3. The van der Waals surface area contributed by atoms with Crippen molar-refractivity contribution in [1.29, 1.82) is 0 Å². The van der Waals surface area contributed by atoms with Gasteiger partial charge in [0.2, 0.25) is 6.29 Å². The Hall–Kier alpha value is -2.09. The summed E-state index contributed by atoms with van der Waals surface area (Å²) in [6.07, 6.45) is 1.33. The molecular formula is C22H32O8. The van der Waals surface area contributed by atoms with Gasteiger partial charge in [-0.05, 0) is 18.3 Å². The zero-order valence-electron chi connectivity index (χ0n) is 18.3. The van der Waals surface area contributed by atoms with Crippen LogP contribution < -0.4 is 0 Å². The van der Waals surface area contributed by atoms with Gasteiger partial charge in [0.1, 0.15) is 18.3 Å². The zero-order chi connectivity index (χ0) is 22.1. The molecule has 1 saturated carbocycles. The third kappa shape index (κ3) is 4.96. The highest BCUT2D eigenvalue weighted by atomic mass is 16.7. The molecule has 0 amide bonds. The van der Waals surface area contributed by atoms with Gasteiger partial charge in [0.25, 0.3) is 0 Å². The van der Waals surface area contributed by atoms with Crippen LogP contribution in [0.4, 0.5) is 0 Å².